The van der Waals surface area contributed by atoms with Crippen LogP contribution in [0.2, 0.25) is 0 Å². The minimum absolute atomic E-state index is 0.155. The number of hydrogen-bond acceptors (Lipinski definition) is 4. The van der Waals surface area contributed by atoms with Gasteiger partial charge in [-0.15, -0.1) is 0 Å². The fourth-order valence-corrected chi connectivity index (χ4v) is 1.15. The number of carbonyl (C=O) groups excluding carboxylic acids is 1. The Labute approximate surface area is 86.6 Å². The summed E-state index contributed by atoms with van der Waals surface area (Å²) in [5.74, 6) is -0.155. The van der Waals surface area contributed by atoms with Crippen molar-refractivity contribution in [2.45, 2.75) is 25.8 Å². The molecule has 0 saturated carbocycles. The number of nitrogens with zero attached hydrogens (tertiary/aromatic N) is 1. The Morgan fingerprint density at radius 1 is 1.50 bits per heavy atom. The van der Waals surface area contributed by atoms with Gasteiger partial charge in [0.05, 0.1) is 13.5 Å². The van der Waals surface area contributed by atoms with Crippen LogP contribution in [-0.2, 0) is 9.53 Å². The van der Waals surface area contributed by atoms with Gasteiger partial charge in [-0.1, -0.05) is 0 Å². The molecule has 0 bridgehead atoms. The molecule has 0 aliphatic rings. The predicted molar refractivity (Wildman–Crippen MR) is 57.3 cm³/mol. The average molecular weight is 202 g/mol. The maximum Gasteiger partial charge on any atom is 0.307 e. The van der Waals surface area contributed by atoms with Crippen molar-refractivity contribution in [2.24, 2.45) is 0 Å². The fourth-order valence-electron chi connectivity index (χ4n) is 1.15. The highest BCUT2D eigenvalue weighted by molar-refractivity contribution is 5.69. The molecule has 1 N–H and O–H groups in total. The molecule has 0 aromatic rings. The Balaban J connectivity index is 3.35. The Hall–Kier alpha value is -0.610. The summed E-state index contributed by atoms with van der Waals surface area (Å²) in [6, 6.07) is 0.199. The highest BCUT2D eigenvalue weighted by Crippen LogP contribution is 1.93. The largest absolute Gasteiger partial charge is 0.469 e. The lowest BCUT2D eigenvalue weighted by Crippen LogP contribution is -2.31. The first kappa shape index (κ1) is 13.4. The monoisotopic (exact) mass is 202 g/mol. The van der Waals surface area contributed by atoms with E-state index in [-0.39, 0.29) is 12.0 Å². The summed E-state index contributed by atoms with van der Waals surface area (Å²) in [5.41, 5.74) is 0. The zero-order valence-corrected chi connectivity index (χ0v) is 9.67. The van der Waals surface area contributed by atoms with E-state index in [4.69, 9.17) is 0 Å². The molecule has 84 valence electrons. The molecule has 0 fully saturated rings. The summed E-state index contributed by atoms with van der Waals surface area (Å²) >= 11 is 0. The molecule has 0 spiro atoms. The molecule has 0 aliphatic carbocycles. The predicted octanol–water partition coefficient (Wildman–Crippen LogP) is 0.479. The standard InChI is InChI=1S/C10H22N2O2/c1-9(8-10(13)14-4)11-6-5-7-12(2)3/h9,11H,5-8H2,1-4H3/t9-/m1/s1. The highest BCUT2D eigenvalue weighted by atomic mass is 16.5. The normalized spacial score (nSPS) is 12.9. The van der Waals surface area contributed by atoms with Gasteiger partial charge in [0, 0.05) is 6.04 Å². The van der Waals surface area contributed by atoms with Crippen LogP contribution in [0.5, 0.6) is 0 Å². The minimum atomic E-state index is -0.155. The lowest BCUT2D eigenvalue weighted by Gasteiger charge is -2.14. The van der Waals surface area contributed by atoms with Crippen LogP contribution in [0.15, 0.2) is 0 Å². The van der Waals surface area contributed by atoms with Crippen molar-refractivity contribution in [3.8, 4) is 0 Å². The summed E-state index contributed by atoms with van der Waals surface area (Å²) in [5, 5.41) is 3.28. The summed E-state index contributed by atoms with van der Waals surface area (Å²) in [7, 11) is 5.52. The van der Waals surface area contributed by atoms with E-state index in [1.165, 1.54) is 7.11 Å². The first-order chi connectivity index (χ1) is 6.56. The molecule has 0 radical (unpaired) electrons. The van der Waals surface area contributed by atoms with E-state index in [1.807, 2.05) is 6.92 Å². The van der Waals surface area contributed by atoms with E-state index in [0.717, 1.165) is 19.5 Å². The van der Waals surface area contributed by atoms with Crippen molar-refractivity contribution in [1.82, 2.24) is 10.2 Å². The van der Waals surface area contributed by atoms with Crippen LogP contribution < -0.4 is 5.32 Å². The first-order valence-corrected chi connectivity index (χ1v) is 5.01. The van der Waals surface area contributed by atoms with Gasteiger partial charge in [0.15, 0.2) is 0 Å². The minimum Gasteiger partial charge on any atom is -0.469 e. The lowest BCUT2D eigenvalue weighted by molar-refractivity contribution is -0.141. The van der Waals surface area contributed by atoms with Crippen molar-refractivity contribution in [2.75, 3.05) is 34.3 Å². The number of carbonyl (C=O) groups is 1. The summed E-state index contributed by atoms with van der Waals surface area (Å²) < 4.78 is 4.58. The molecular formula is C10H22N2O2. The first-order valence-electron chi connectivity index (χ1n) is 5.01. The van der Waals surface area contributed by atoms with Crippen molar-refractivity contribution >= 4 is 5.97 Å². The summed E-state index contributed by atoms with van der Waals surface area (Å²) in [4.78, 5) is 13.0. The van der Waals surface area contributed by atoms with Gasteiger partial charge >= 0.3 is 5.97 Å². The third kappa shape index (κ3) is 8.01. The van der Waals surface area contributed by atoms with Gasteiger partial charge in [0.2, 0.25) is 0 Å². The Kier molecular flexibility index (Phi) is 7.42. The third-order valence-corrected chi connectivity index (χ3v) is 1.98. The highest BCUT2D eigenvalue weighted by Gasteiger charge is 2.07. The zero-order valence-electron chi connectivity index (χ0n) is 9.67. The smallest absolute Gasteiger partial charge is 0.307 e. The Morgan fingerprint density at radius 3 is 2.64 bits per heavy atom. The van der Waals surface area contributed by atoms with Crippen LogP contribution in [0.1, 0.15) is 19.8 Å². The molecule has 0 rings (SSSR count). The van der Waals surface area contributed by atoms with E-state index in [0.29, 0.717) is 6.42 Å². The van der Waals surface area contributed by atoms with E-state index >= 15 is 0 Å². The molecule has 0 amide bonds. The Bertz CT molecular complexity index is 160. The molecule has 0 saturated heterocycles. The van der Waals surface area contributed by atoms with Crippen LogP contribution in [0, 0.1) is 0 Å². The van der Waals surface area contributed by atoms with Gasteiger partial charge in [0.25, 0.3) is 0 Å². The molecule has 1 atom stereocenters. The summed E-state index contributed by atoms with van der Waals surface area (Å²) in [6.07, 6.45) is 1.54. The van der Waals surface area contributed by atoms with Crippen molar-refractivity contribution in [1.29, 1.82) is 0 Å². The molecule has 0 aliphatic heterocycles. The Morgan fingerprint density at radius 2 is 2.14 bits per heavy atom. The van der Waals surface area contributed by atoms with E-state index in [2.05, 4.69) is 29.0 Å². The second-order valence-electron chi connectivity index (χ2n) is 3.79. The van der Waals surface area contributed by atoms with Gasteiger partial charge in [-0.05, 0) is 40.5 Å². The molecule has 14 heavy (non-hydrogen) atoms. The van der Waals surface area contributed by atoms with Crippen molar-refractivity contribution in [3.05, 3.63) is 0 Å². The number of nitrogens with one attached hydrogen (secondary N) is 1. The van der Waals surface area contributed by atoms with Crippen LogP contribution in [0.4, 0.5) is 0 Å². The quantitative estimate of drug-likeness (QED) is 0.481. The average Bonchev–Trinajstić information content (AvgIpc) is 2.12. The molecule has 0 heterocycles. The van der Waals surface area contributed by atoms with Crippen molar-refractivity contribution < 1.29 is 9.53 Å². The van der Waals surface area contributed by atoms with E-state index in [1.54, 1.807) is 0 Å². The number of methoxy groups -OCH3 is 1. The maximum absolute atomic E-state index is 10.9. The number of ether oxygens (including phenoxy) is 1. The maximum atomic E-state index is 10.9. The zero-order chi connectivity index (χ0) is 11.0. The summed E-state index contributed by atoms with van der Waals surface area (Å²) in [6.45, 7) is 4.00. The molecule has 4 heteroatoms. The number of hydrogen-bond donors (Lipinski definition) is 1. The van der Waals surface area contributed by atoms with Gasteiger partial charge in [-0.2, -0.15) is 0 Å². The van der Waals surface area contributed by atoms with Gasteiger partial charge < -0.3 is 15.0 Å². The van der Waals surface area contributed by atoms with E-state index < -0.39 is 0 Å². The topological polar surface area (TPSA) is 41.6 Å². The van der Waals surface area contributed by atoms with Crippen molar-refractivity contribution in [3.63, 3.8) is 0 Å². The van der Waals surface area contributed by atoms with Gasteiger partial charge in [-0.25, -0.2) is 0 Å². The second-order valence-corrected chi connectivity index (χ2v) is 3.79. The number of rotatable bonds is 7. The van der Waals surface area contributed by atoms with Crippen LogP contribution in [0.25, 0.3) is 0 Å². The fraction of sp³-hybridized carbons (Fsp3) is 0.900. The molecule has 4 nitrogen and oxygen atoms in total. The third-order valence-electron chi connectivity index (χ3n) is 1.98. The lowest BCUT2D eigenvalue weighted by atomic mass is 10.2. The van der Waals surface area contributed by atoms with Crippen LogP contribution in [0.3, 0.4) is 0 Å². The molecular weight excluding hydrogens is 180 g/mol. The van der Waals surface area contributed by atoms with Crippen LogP contribution >= 0.6 is 0 Å². The number of esters is 1. The second kappa shape index (κ2) is 7.76. The van der Waals surface area contributed by atoms with Gasteiger partial charge in [0.1, 0.15) is 0 Å². The van der Waals surface area contributed by atoms with E-state index in [9.17, 15) is 4.79 Å². The van der Waals surface area contributed by atoms with Crippen LogP contribution in [-0.4, -0.2) is 51.2 Å². The van der Waals surface area contributed by atoms with Gasteiger partial charge in [-0.3, -0.25) is 4.79 Å². The molecule has 0 aromatic heterocycles. The SMILES string of the molecule is COC(=O)C[C@@H](C)NCCCN(C)C. The molecule has 0 unspecified atom stereocenters. The molecule has 0 aromatic carbocycles.